The molecule has 1 aliphatic carbocycles. The standard InChI is InChI=1S/C13H24/c1-9(2)12-7-6-11(5)8-13(12)10(3)4/h9-11H,6-8H2,1-5H3. The van der Waals surface area contributed by atoms with E-state index >= 15 is 0 Å². The van der Waals surface area contributed by atoms with Crippen LogP contribution in [0, 0.1) is 17.8 Å². The van der Waals surface area contributed by atoms with Crippen molar-refractivity contribution < 1.29 is 0 Å². The highest BCUT2D eigenvalue weighted by Gasteiger charge is 2.21. The van der Waals surface area contributed by atoms with Gasteiger partial charge in [0.05, 0.1) is 0 Å². The minimum absolute atomic E-state index is 0.764. The van der Waals surface area contributed by atoms with Crippen molar-refractivity contribution in [2.24, 2.45) is 17.8 Å². The van der Waals surface area contributed by atoms with E-state index in [2.05, 4.69) is 34.6 Å². The first kappa shape index (κ1) is 10.8. The Morgan fingerprint density at radius 1 is 1.00 bits per heavy atom. The van der Waals surface area contributed by atoms with Gasteiger partial charge in [0.2, 0.25) is 0 Å². The summed E-state index contributed by atoms with van der Waals surface area (Å²) in [5, 5.41) is 0. The Hall–Kier alpha value is -0.260. The highest BCUT2D eigenvalue weighted by molar-refractivity contribution is 5.21. The van der Waals surface area contributed by atoms with Gasteiger partial charge >= 0.3 is 0 Å². The summed E-state index contributed by atoms with van der Waals surface area (Å²) in [6.45, 7) is 11.8. The molecule has 0 heteroatoms. The van der Waals surface area contributed by atoms with Crippen molar-refractivity contribution in [3.05, 3.63) is 11.1 Å². The van der Waals surface area contributed by atoms with Crippen LogP contribution < -0.4 is 0 Å². The van der Waals surface area contributed by atoms with Gasteiger partial charge in [-0.3, -0.25) is 0 Å². The van der Waals surface area contributed by atoms with Gasteiger partial charge in [-0.1, -0.05) is 45.8 Å². The Bertz CT molecular complexity index is 196. The third kappa shape index (κ3) is 2.59. The predicted octanol–water partition coefficient (Wildman–Crippen LogP) is 4.42. The molecule has 1 aliphatic rings. The van der Waals surface area contributed by atoms with Crippen LogP contribution in [0.1, 0.15) is 53.9 Å². The summed E-state index contributed by atoms with van der Waals surface area (Å²) in [5.41, 5.74) is 3.52. The molecule has 0 aromatic rings. The van der Waals surface area contributed by atoms with Crippen molar-refractivity contribution in [3.63, 3.8) is 0 Å². The van der Waals surface area contributed by atoms with Crippen LogP contribution in [0.4, 0.5) is 0 Å². The Labute approximate surface area is 83.4 Å². The SMILES string of the molecule is CC1CCC(C(C)C)=C(C(C)C)C1. The summed E-state index contributed by atoms with van der Waals surface area (Å²) in [5.74, 6) is 2.45. The van der Waals surface area contributed by atoms with E-state index in [1.165, 1.54) is 19.3 Å². The molecule has 0 aromatic heterocycles. The fourth-order valence-electron chi connectivity index (χ4n) is 2.44. The maximum atomic E-state index is 2.39. The smallest absolute Gasteiger partial charge is 0.0257 e. The molecule has 0 fully saturated rings. The lowest BCUT2D eigenvalue weighted by atomic mass is 9.77. The zero-order valence-corrected chi connectivity index (χ0v) is 9.85. The summed E-state index contributed by atoms with van der Waals surface area (Å²) < 4.78 is 0. The van der Waals surface area contributed by atoms with Crippen molar-refractivity contribution in [2.45, 2.75) is 53.9 Å². The molecule has 0 heterocycles. The molecular formula is C13H24. The van der Waals surface area contributed by atoms with E-state index in [4.69, 9.17) is 0 Å². The van der Waals surface area contributed by atoms with Crippen molar-refractivity contribution in [1.29, 1.82) is 0 Å². The average molecular weight is 180 g/mol. The lowest BCUT2D eigenvalue weighted by molar-refractivity contribution is 0.444. The van der Waals surface area contributed by atoms with Gasteiger partial charge in [0.25, 0.3) is 0 Å². The van der Waals surface area contributed by atoms with Crippen LogP contribution in [-0.4, -0.2) is 0 Å². The van der Waals surface area contributed by atoms with Gasteiger partial charge in [-0.25, -0.2) is 0 Å². The van der Waals surface area contributed by atoms with E-state index in [0.29, 0.717) is 0 Å². The molecule has 0 amide bonds. The van der Waals surface area contributed by atoms with Gasteiger partial charge in [0, 0.05) is 0 Å². The first-order chi connectivity index (χ1) is 6.02. The molecule has 1 rings (SSSR count). The Kier molecular flexibility index (Phi) is 3.58. The van der Waals surface area contributed by atoms with Crippen molar-refractivity contribution in [3.8, 4) is 0 Å². The van der Waals surface area contributed by atoms with Crippen LogP contribution in [0.5, 0.6) is 0 Å². The summed E-state index contributed by atoms with van der Waals surface area (Å²) in [6, 6.07) is 0. The number of allylic oxidation sites excluding steroid dienone is 2. The van der Waals surface area contributed by atoms with Crippen molar-refractivity contribution in [1.82, 2.24) is 0 Å². The van der Waals surface area contributed by atoms with Gasteiger partial charge in [0.15, 0.2) is 0 Å². The maximum absolute atomic E-state index is 2.39. The highest BCUT2D eigenvalue weighted by Crippen LogP contribution is 2.36. The van der Waals surface area contributed by atoms with Gasteiger partial charge in [-0.15, -0.1) is 0 Å². The second-order valence-corrected chi connectivity index (χ2v) is 5.21. The van der Waals surface area contributed by atoms with Crippen molar-refractivity contribution in [2.75, 3.05) is 0 Å². The molecule has 0 aromatic carbocycles. The molecule has 13 heavy (non-hydrogen) atoms. The van der Waals surface area contributed by atoms with E-state index in [9.17, 15) is 0 Å². The van der Waals surface area contributed by atoms with Crippen molar-refractivity contribution >= 4 is 0 Å². The molecule has 0 N–H and O–H groups in total. The second kappa shape index (κ2) is 4.30. The van der Waals surface area contributed by atoms with E-state index in [1.807, 2.05) is 0 Å². The number of hydrogen-bond acceptors (Lipinski definition) is 0. The first-order valence-electron chi connectivity index (χ1n) is 5.74. The third-order valence-electron chi connectivity index (χ3n) is 3.28. The molecule has 0 radical (unpaired) electrons. The highest BCUT2D eigenvalue weighted by atomic mass is 14.3. The summed E-state index contributed by atoms with van der Waals surface area (Å²) in [6.07, 6.45) is 4.11. The fraction of sp³-hybridized carbons (Fsp3) is 0.846. The van der Waals surface area contributed by atoms with Crippen LogP contribution in [0.3, 0.4) is 0 Å². The van der Waals surface area contributed by atoms with Gasteiger partial charge in [0.1, 0.15) is 0 Å². The number of rotatable bonds is 2. The third-order valence-corrected chi connectivity index (χ3v) is 3.28. The molecular weight excluding hydrogens is 156 g/mol. The van der Waals surface area contributed by atoms with Crippen LogP contribution in [-0.2, 0) is 0 Å². The van der Waals surface area contributed by atoms with Gasteiger partial charge < -0.3 is 0 Å². The number of hydrogen-bond donors (Lipinski definition) is 0. The van der Waals surface area contributed by atoms with E-state index in [1.54, 1.807) is 11.1 Å². The van der Waals surface area contributed by atoms with Crippen LogP contribution in [0.2, 0.25) is 0 Å². The van der Waals surface area contributed by atoms with Crippen LogP contribution in [0.15, 0.2) is 11.1 Å². The molecule has 0 nitrogen and oxygen atoms in total. The van der Waals surface area contributed by atoms with Gasteiger partial charge in [-0.2, -0.15) is 0 Å². The Morgan fingerprint density at radius 3 is 2.00 bits per heavy atom. The lowest BCUT2D eigenvalue weighted by Crippen LogP contribution is -2.14. The molecule has 1 unspecified atom stereocenters. The largest absolute Gasteiger partial charge is 0.0682 e. The zero-order valence-electron chi connectivity index (χ0n) is 9.85. The maximum Gasteiger partial charge on any atom is -0.0257 e. The van der Waals surface area contributed by atoms with E-state index in [-0.39, 0.29) is 0 Å². The summed E-state index contributed by atoms with van der Waals surface area (Å²) >= 11 is 0. The molecule has 0 saturated heterocycles. The minimum Gasteiger partial charge on any atom is -0.0682 e. The molecule has 1 atom stereocenters. The Balaban J connectivity index is 2.87. The predicted molar refractivity (Wildman–Crippen MR) is 59.7 cm³/mol. The molecule has 0 bridgehead atoms. The summed E-state index contributed by atoms with van der Waals surface area (Å²) in [4.78, 5) is 0. The topological polar surface area (TPSA) is 0 Å². The minimum atomic E-state index is 0.764. The fourth-order valence-corrected chi connectivity index (χ4v) is 2.44. The molecule has 76 valence electrons. The molecule has 0 aliphatic heterocycles. The van der Waals surface area contributed by atoms with Crippen LogP contribution in [0.25, 0.3) is 0 Å². The van der Waals surface area contributed by atoms with Gasteiger partial charge in [-0.05, 0) is 37.0 Å². The van der Waals surface area contributed by atoms with E-state index < -0.39 is 0 Å². The second-order valence-electron chi connectivity index (χ2n) is 5.21. The lowest BCUT2D eigenvalue weighted by Gasteiger charge is -2.29. The zero-order chi connectivity index (χ0) is 10.0. The summed E-state index contributed by atoms with van der Waals surface area (Å²) in [7, 11) is 0. The Morgan fingerprint density at radius 2 is 1.54 bits per heavy atom. The monoisotopic (exact) mass is 180 g/mol. The van der Waals surface area contributed by atoms with Crippen LogP contribution >= 0.6 is 0 Å². The molecule has 0 saturated carbocycles. The first-order valence-corrected chi connectivity index (χ1v) is 5.74. The van der Waals surface area contributed by atoms with E-state index in [0.717, 1.165) is 17.8 Å². The quantitative estimate of drug-likeness (QED) is 0.552. The molecule has 0 spiro atoms. The average Bonchev–Trinajstić information content (AvgIpc) is 2.03. The normalized spacial score (nSPS) is 24.7.